The molecule has 0 aromatic carbocycles. The van der Waals surface area contributed by atoms with E-state index in [9.17, 15) is 9.59 Å². The highest BCUT2D eigenvalue weighted by Crippen LogP contribution is 2.37. The predicted octanol–water partition coefficient (Wildman–Crippen LogP) is 1.54. The van der Waals surface area contributed by atoms with Crippen LogP contribution in [-0.4, -0.2) is 41.6 Å². The molecule has 0 radical (unpaired) electrons. The number of carboxylic acid groups (broad SMARTS) is 1. The highest BCUT2D eigenvalue weighted by atomic mass is 16.4. The van der Waals surface area contributed by atoms with Crippen LogP contribution in [0.5, 0.6) is 0 Å². The minimum absolute atomic E-state index is 0.0934. The summed E-state index contributed by atoms with van der Waals surface area (Å²) < 4.78 is 0. The molecule has 1 saturated carbocycles. The minimum atomic E-state index is -0.837. The van der Waals surface area contributed by atoms with E-state index in [-0.39, 0.29) is 12.6 Å². The van der Waals surface area contributed by atoms with Gasteiger partial charge in [-0.15, -0.1) is 0 Å². The van der Waals surface area contributed by atoms with Gasteiger partial charge in [-0.3, -0.25) is 4.79 Å². The van der Waals surface area contributed by atoms with Gasteiger partial charge in [-0.05, 0) is 31.1 Å². The van der Waals surface area contributed by atoms with Crippen molar-refractivity contribution in [2.45, 2.75) is 32.6 Å². The third kappa shape index (κ3) is 2.76. The summed E-state index contributed by atoms with van der Waals surface area (Å²) in [4.78, 5) is 24.7. The molecule has 0 aromatic heterocycles. The van der Waals surface area contributed by atoms with Gasteiger partial charge in [0.25, 0.3) is 0 Å². The Hall–Kier alpha value is -1.26. The van der Waals surface area contributed by atoms with Crippen LogP contribution in [0, 0.1) is 17.8 Å². The maximum absolute atomic E-state index is 11.9. The maximum Gasteiger partial charge on any atom is 0.317 e. The first-order chi connectivity index (χ1) is 8.61. The summed E-state index contributed by atoms with van der Waals surface area (Å²) in [5.41, 5.74) is 0. The molecule has 3 atom stereocenters. The monoisotopic (exact) mass is 254 g/mol. The SMILES string of the molecule is CCC(CNC(=O)N1CC2CCCC2C1)C(=O)O. The zero-order chi connectivity index (χ0) is 13.1. The molecule has 2 fully saturated rings. The van der Waals surface area contributed by atoms with Crippen LogP contribution < -0.4 is 5.32 Å². The zero-order valence-corrected chi connectivity index (χ0v) is 10.9. The Morgan fingerprint density at radius 3 is 2.44 bits per heavy atom. The molecule has 0 bridgehead atoms. The van der Waals surface area contributed by atoms with E-state index < -0.39 is 11.9 Å². The summed E-state index contributed by atoms with van der Waals surface area (Å²) in [7, 11) is 0. The molecule has 5 heteroatoms. The second kappa shape index (κ2) is 5.59. The van der Waals surface area contributed by atoms with Crippen LogP contribution in [0.3, 0.4) is 0 Å². The number of fused-ring (bicyclic) bond motifs is 1. The molecule has 1 saturated heterocycles. The summed E-state index contributed by atoms with van der Waals surface area (Å²) in [5, 5.41) is 11.7. The number of aliphatic carboxylic acids is 1. The lowest BCUT2D eigenvalue weighted by Gasteiger charge is -2.19. The first kappa shape index (κ1) is 13.2. The van der Waals surface area contributed by atoms with Crippen LogP contribution in [0.25, 0.3) is 0 Å². The molecule has 102 valence electrons. The molecule has 1 heterocycles. The molecule has 1 aliphatic carbocycles. The first-order valence-corrected chi connectivity index (χ1v) is 6.87. The largest absolute Gasteiger partial charge is 0.481 e. The number of urea groups is 1. The number of hydrogen-bond donors (Lipinski definition) is 2. The van der Waals surface area contributed by atoms with Gasteiger partial charge in [-0.2, -0.15) is 0 Å². The zero-order valence-electron chi connectivity index (χ0n) is 10.9. The Morgan fingerprint density at radius 1 is 1.33 bits per heavy atom. The van der Waals surface area contributed by atoms with Gasteiger partial charge < -0.3 is 15.3 Å². The fourth-order valence-electron chi connectivity index (χ4n) is 3.13. The fourth-order valence-corrected chi connectivity index (χ4v) is 3.13. The van der Waals surface area contributed by atoms with Gasteiger partial charge in [-0.25, -0.2) is 4.79 Å². The van der Waals surface area contributed by atoms with Crippen molar-refractivity contribution < 1.29 is 14.7 Å². The first-order valence-electron chi connectivity index (χ1n) is 6.87. The van der Waals surface area contributed by atoms with Crippen molar-refractivity contribution in [1.29, 1.82) is 0 Å². The van der Waals surface area contributed by atoms with E-state index in [1.165, 1.54) is 19.3 Å². The van der Waals surface area contributed by atoms with E-state index in [1.54, 1.807) is 0 Å². The van der Waals surface area contributed by atoms with Crippen LogP contribution in [0.2, 0.25) is 0 Å². The molecular weight excluding hydrogens is 232 g/mol. The standard InChI is InChI=1S/C13H22N2O3/c1-2-9(12(16)17)6-14-13(18)15-7-10-4-3-5-11(10)8-15/h9-11H,2-8H2,1H3,(H,14,18)(H,16,17). The molecule has 3 unspecified atom stereocenters. The number of carbonyl (C=O) groups is 2. The molecule has 0 aromatic rings. The number of rotatable bonds is 4. The third-order valence-electron chi connectivity index (χ3n) is 4.36. The number of carboxylic acids is 1. The maximum atomic E-state index is 11.9. The summed E-state index contributed by atoms with van der Waals surface area (Å²) in [6, 6.07) is -0.0934. The van der Waals surface area contributed by atoms with Crippen molar-refractivity contribution in [3.8, 4) is 0 Å². The molecule has 2 rings (SSSR count). The van der Waals surface area contributed by atoms with Crippen molar-refractivity contribution in [3.63, 3.8) is 0 Å². The number of nitrogens with zero attached hydrogens (tertiary/aromatic N) is 1. The lowest BCUT2D eigenvalue weighted by molar-refractivity contribution is -0.141. The second-order valence-corrected chi connectivity index (χ2v) is 5.49. The molecule has 0 spiro atoms. The molecular formula is C13H22N2O3. The van der Waals surface area contributed by atoms with Gasteiger partial charge in [0, 0.05) is 19.6 Å². The van der Waals surface area contributed by atoms with Gasteiger partial charge in [0.2, 0.25) is 0 Å². The van der Waals surface area contributed by atoms with Crippen molar-refractivity contribution in [2.75, 3.05) is 19.6 Å². The summed E-state index contributed by atoms with van der Waals surface area (Å²) in [6.45, 7) is 3.75. The van der Waals surface area contributed by atoms with E-state index >= 15 is 0 Å². The van der Waals surface area contributed by atoms with E-state index in [1.807, 2.05) is 11.8 Å². The molecule has 2 N–H and O–H groups in total. The number of likely N-dealkylation sites (tertiary alicyclic amines) is 1. The fraction of sp³-hybridized carbons (Fsp3) is 0.846. The average Bonchev–Trinajstić information content (AvgIpc) is 2.88. The van der Waals surface area contributed by atoms with Crippen molar-refractivity contribution in [2.24, 2.45) is 17.8 Å². The van der Waals surface area contributed by atoms with Crippen molar-refractivity contribution >= 4 is 12.0 Å². The van der Waals surface area contributed by atoms with Crippen LogP contribution in [0.4, 0.5) is 4.79 Å². The Balaban J connectivity index is 1.77. The smallest absolute Gasteiger partial charge is 0.317 e. The van der Waals surface area contributed by atoms with E-state index in [0.717, 1.165) is 13.1 Å². The quantitative estimate of drug-likeness (QED) is 0.799. The molecule has 2 aliphatic rings. The molecule has 18 heavy (non-hydrogen) atoms. The number of amides is 2. The van der Waals surface area contributed by atoms with Crippen LogP contribution in [-0.2, 0) is 4.79 Å². The van der Waals surface area contributed by atoms with Gasteiger partial charge in [0.15, 0.2) is 0 Å². The van der Waals surface area contributed by atoms with Crippen LogP contribution in [0.1, 0.15) is 32.6 Å². The second-order valence-electron chi connectivity index (χ2n) is 5.49. The summed E-state index contributed by atoms with van der Waals surface area (Å²) in [6.07, 6.45) is 4.31. The number of hydrogen-bond acceptors (Lipinski definition) is 2. The highest BCUT2D eigenvalue weighted by molar-refractivity contribution is 5.76. The van der Waals surface area contributed by atoms with Gasteiger partial charge in [0.1, 0.15) is 0 Å². The topological polar surface area (TPSA) is 69.6 Å². The summed E-state index contributed by atoms with van der Waals surface area (Å²) in [5.74, 6) is 0.0431. The molecule has 5 nitrogen and oxygen atoms in total. The van der Waals surface area contributed by atoms with Gasteiger partial charge >= 0.3 is 12.0 Å². The third-order valence-corrected chi connectivity index (χ3v) is 4.36. The minimum Gasteiger partial charge on any atom is -0.481 e. The average molecular weight is 254 g/mol. The van der Waals surface area contributed by atoms with E-state index in [4.69, 9.17) is 5.11 Å². The Labute approximate surface area is 108 Å². The predicted molar refractivity (Wildman–Crippen MR) is 67.2 cm³/mol. The molecule has 1 aliphatic heterocycles. The van der Waals surface area contributed by atoms with Crippen molar-refractivity contribution in [3.05, 3.63) is 0 Å². The molecule has 2 amide bonds. The normalized spacial score (nSPS) is 27.9. The number of carbonyl (C=O) groups excluding carboxylic acids is 1. The summed E-state index contributed by atoms with van der Waals surface area (Å²) >= 11 is 0. The Kier molecular flexibility index (Phi) is 4.09. The van der Waals surface area contributed by atoms with Crippen molar-refractivity contribution in [1.82, 2.24) is 10.2 Å². The lowest BCUT2D eigenvalue weighted by Crippen LogP contribution is -2.42. The lowest BCUT2D eigenvalue weighted by atomic mass is 10.0. The Morgan fingerprint density at radius 2 is 1.94 bits per heavy atom. The van der Waals surface area contributed by atoms with E-state index in [0.29, 0.717) is 18.3 Å². The van der Waals surface area contributed by atoms with Gasteiger partial charge in [-0.1, -0.05) is 13.3 Å². The van der Waals surface area contributed by atoms with Crippen LogP contribution in [0.15, 0.2) is 0 Å². The highest BCUT2D eigenvalue weighted by Gasteiger charge is 2.38. The number of nitrogens with one attached hydrogen (secondary N) is 1. The van der Waals surface area contributed by atoms with Crippen LogP contribution >= 0.6 is 0 Å². The Bertz CT molecular complexity index is 320. The van der Waals surface area contributed by atoms with E-state index in [2.05, 4.69) is 5.32 Å². The van der Waals surface area contributed by atoms with Gasteiger partial charge in [0.05, 0.1) is 5.92 Å².